The topological polar surface area (TPSA) is 6.48 Å². The summed E-state index contributed by atoms with van der Waals surface area (Å²) < 4.78 is 0. The molecule has 3 rings (SSSR count). The number of rotatable bonds is 2. The molecule has 1 saturated heterocycles. The SMILES string of the molecule is CN1CCCN(C)[C@H](c2ccccc2)[C@H]1c1ccccc1. The molecule has 0 aromatic heterocycles. The first-order valence-electron chi connectivity index (χ1n) is 7.78. The van der Waals surface area contributed by atoms with Crippen molar-refractivity contribution in [1.82, 2.24) is 9.80 Å². The van der Waals surface area contributed by atoms with Gasteiger partial charge >= 0.3 is 0 Å². The third kappa shape index (κ3) is 3.02. The summed E-state index contributed by atoms with van der Waals surface area (Å²) in [5.74, 6) is 0. The molecule has 2 aromatic carbocycles. The molecule has 1 aliphatic rings. The minimum atomic E-state index is 0.404. The van der Waals surface area contributed by atoms with Gasteiger partial charge in [0, 0.05) is 0 Å². The van der Waals surface area contributed by atoms with Crippen LogP contribution in [0.25, 0.3) is 0 Å². The Morgan fingerprint density at radius 2 is 1.05 bits per heavy atom. The van der Waals surface area contributed by atoms with Gasteiger partial charge in [0.1, 0.15) is 0 Å². The van der Waals surface area contributed by atoms with Crippen LogP contribution < -0.4 is 0 Å². The lowest BCUT2D eigenvalue weighted by Crippen LogP contribution is -2.34. The minimum Gasteiger partial charge on any atom is -0.297 e. The molecule has 1 aliphatic heterocycles. The van der Waals surface area contributed by atoms with Crippen molar-refractivity contribution in [2.24, 2.45) is 0 Å². The van der Waals surface area contributed by atoms with Crippen LogP contribution in [-0.4, -0.2) is 37.0 Å². The molecule has 0 unspecified atom stereocenters. The molecule has 0 aliphatic carbocycles. The fraction of sp³-hybridized carbons (Fsp3) is 0.368. The predicted octanol–water partition coefficient (Wildman–Crippen LogP) is 3.74. The third-order valence-electron chi connectivity index (χ3n) is 4.55. The monoisotopic (exact) mass is 280 g/mol. The maximum absolute atomic E-state index is 2.51. The fourth-order valence-corrected chi connectivity index (χ4v) is 3.50. The number of benzene rings is 2. The highest BCUT2D eigenvalue weighted by Gasteiger charge is 2.33. The van der Waals surface area contributed by atoms with Crippen molar-refractivity contribution in [2.45, 2.75) is 18.5 Å². The second-order valence-electron chi connectivity index (χ2n) is 6.03. The van der Waals surface area contributed by atoms with Crippen molar-refractivity contribution < 1.29 is 0 Å². The van der Waals surface area contributed by atoms with Crippen molar-refractivity contribution in [3.63, 3.8) is 0 Å². The molecular formula is C19H24N2. The zero-order valence-electron chi connectivity index (χ0n) is 12.9. The van der Waals surface area contributed by atoms with Crippen LogP contribution in [-0.2, 0) is 0 Å². The lowest BCUT2D eigenvalue weighted by atomic mass is 9.92. The Labute approximate surface area is 128 Å². The zero-order valence-corrected chi connectivity index (χ0v) is 12.9. The summed E-state index contributed by atoms with van der Waals surface area (Å²) >= 11 is 0. The van der Waals surface area contributed by atoms with Crippen LogP contribution in [0, 0.1) is 0 Å². The fourth-order valence-electron chi connectivity index (χ4n) is 3.50. The molecule has 0 spiro atoms. The number of likely N-dealkylation sites (N-methyl/N-ethyl adjacent to an activating group) is 2. The molecular weight excluding hydrogens is 256 g/mol. The average molecular weight is 280 g/mol. The van der Waals surface area contributed by atoms with E-state index in [9.17, 15) is 0 Å². The second-order valence-corrected chi connectivity index (χ2v) is 6.03. The van der Waals surface area contributed by atoms with Crippen molar-refractivity contribution in [1.29, 1.82) is 0 Å². The molecule has 2 heteroatoms. The first kappa shape index (κ1) is 14.3. The smallest absolute Gasteiger partial charge is 0.0542 e. The molecule has 1 fully saturated rings. The molecule has 21 heavy (non-hydrogen) atoms. The lowest BCUT2D eigenvalue weighted by Gasteiger charge is -2.37. The van der Waals surface area contributed by atoms with Gasteiger partial charge in [-0.25, -0.2) is 0 Å². The van der Waals surface area contributed by atoms with E-state index in [1.54, 1.807) is 0 Å². The van der Waals surface area contributed by atoms with Crippen LogP contribution in [0.4, 0.5) is 0 Å². The summed E-state index contributed by atoms with van der Waals surface area (Å²) in [5.41, 5.74) is 2.81. The van der Waals surface area contributed by atoms with Crippen LogP contribution >= 0.6 is 0 Å². The average Bonchev–Trinajstić information content (AvgIpc) is 2.67. The summed E-state index contributed by atoms with van der Waals surface area (Å²) in [7, 11) is 4.51. The number of hydrogen-bond donors (Lipinski definition) is 0. The maximum Gasteiger partial charge on any atom is 0.0542 e. The standard InChI is InChI=1S/C19H24N2/c1-20-14-9-15-21(2)19(17-12-7-4-8-13-17)18(20)16-10-5-3-6-11-16/h3-8,10-13,18-19H,9,14-15H2,1-2H3/t18-,19-/m1/s1. The van der Waals surface area contributed by atoms with Gasteiger partial charge in [0.2, 0.25) is 0 Å². The summed E-state index contributed by atoms with van der Waals surface area (Å²) in [6, 6.07) is 22.6. The Balaban J connectivity index is 2.05. The van der Waals surface area contributed by atoms with Gasteiger partial charge in [-0.3, -0.25) is 9.80 Å². The van der Waals surface area contributed by atoms with Crippen molar-refractivity contribution in [3.05, 3.63) is 71.8 Å². The van der Waals surface area contributed by atoms with Gasteiger partial charge in [0.25, 0.3) is 0 Å². The highest BCUT2D eigenvalue weighted by Crippen LogP contribution is 2.38. The Kier molecular flexibility index (Phi) is 4.37. The van der Waals surface area contributed by atoms with Gasteiger partial charge in [-0.2, -0.15) is 0 Å². The van der Waals surface area contributed by atoms with Gasteiger partial charge in [-0.1, -0.05) is 60.7 Å². The van der Waals surface area contributed by atoms with E-state index in [1.165, 1.54) is 17.5 Å². The van der Waals surface area contributed by atoms with E-state index in [-0.39, 0.29) is 0 Å². The van der Waals surface area contributed by atoms with E-state index >= 15 is 0 Å². The highest BCUT2D eigenvalue weighted by molar-refractivity contribution is 5.28. The molecule has 2 aromatic rings. The number of hydrogen-bond acceptors (Lipinski definition) is 2. The van der Waals surface area contributed by atoms with E-state index in [4.69, 9.17) is 0 Å². The Morgan fingerprint density at radius 3 is 1.43 bits per heavy atom. The van der Waals surface area contributed by atoms with Crippen LogP contribution in [0.1, 0.15) is 29.6 Å². The Bertz CT molecular complexity index is 501. The summed E-state index contributed by atoms with van der Waals surface area (Å²) in [5, 5.41) is 0. The van der Waals surface area contributed by atoms with Crippen LogP contribution in [0.5, 0.6) is 0 Å². The summed E-state index contributed by atoms with van der Waals surface area (Å²) in [4.78, 5) is 5.02. The first-order valence-corrected chi connectivity index (χ1v) is 7.78. The van der Waals surface area contributed by atoms with Gasteiger partial charge < -0.3 is 0 Å². The van der Waals surface area contributed by atoms with Gasteiger partial charge in [-0.05, 0) is 44.7 Å². The van der Waals surface area contributed by atoms with Gasteiger partial charge in [0.05, 0.1) is 12.1 Å². The maximum atomic E-state index is 2.51. The van der Waals surface area contributed by atoms with Crippen LogP contribution in [0.2, 0.25) is 0 Å². The number of nitrogens with zero attached hydrogens (tertiary/aromatic N) is 2. The van der Waals surface area contributed by atoms with Crippen molar-refractivity contribution >= 4 is 0 Å². The quantitative estimate of drug-likeness (QED) is 0.827. The second kappa shape index (κ2) is 6.42. The molecule has 0 saturated carbocycles. The molecule has 0 bridgehead atoms. The molecule has 2 nitrogen and oxygen atoms in total. The van der Waals surface area contributed by atoms with Gasteiger partial charge in [0.15, 0.2) is 0 Å². The normalized spacial score (nSPS) is 24.7. The Morgan fingerprint density at radius 1 is 0.667 bits per heavy atom. The first-order chi connectivity index (χ1) is 10.3. The summed E-state index contributed by atoms with van der Waals surface area (Å²) in [6.45, 7) is 2.29. The molecule has 110 valence electrons. The summed E-state index contributed by atoms with van der Waals surface area (Å²) in [6.07, 6.45) is 1.22. The molecule has 2 atom stereocenters. The minimum absolute atomic E-state index is 0.404. The van der Waals surface area contributed by atoms with Crippen molar-refractivity contribution in [3.8, 4) is 0 Å². The highest BCUT2D eigenvalue weighted by atomic mass is 15.2. The largest absolute Gasteiger partial charge is 0.297 e. The molecule has 0 amide bonds. The molecule has 1 heterocycles. The predicted molar refractivity (Wildman–Crippen MR) is 88.2 cm³/mol. The van der Waals surface area contributed by atoms with E-state index in [0.717, 1.165) is 13.1 Å². The van der Waals surface area contributed by atoms with E-state index < -0.39 is 0 Å². The third-order valence-corrected chi connectivity index (χ3v) is 4.55. The Hall–Kier alpha value is -1.64. The van der Waals surface area contributed by atoms with Gasteiger partial charge in [-0.15, -0.1) is 0 Å². The van der Waals surface area contributed by atoms with E-state index in [1.807, 2.05) is 0 Å². The van der Waals surface area contributed by atoms with Crippen LogP contribution in [0.3, 0.4) is 0 Å². The van der Waals surface area contributed by atoms with E-state index in [0.29, 0.717) is 12.1 Å². The molecule has 0 radical (unpaired) electrons. The zero-order chi connectivity index (χ0) is 14.7. The van der Waals surface area contributed by atoms with Crippen LogP contribution in [0.15, 0.2) is 60.7 Å². The lowest BCUT2D eigenvalue weighted by molar-refractivity contribution is 0.152. The molecule has 0 N–H and O–H groups in total. The van der Waals surface area contributed by atoms with E-state index in [2.05, 4.69) is 84.6 Å². The van der Waals surface area contributed by atoms with Crippen molar-refractivity contribution in [2.75, 3.05) is 27.2 Å².